The zero-order chi connectivity index (χ0) is 61.9. The molecule has 0 aromatic heterocycles. The maximum absolute atomic E-state index is 15.5. The average molecular weight is 1200 g/mol. The number of nitrogens with zero attached hydrogens (tertiary/aromatic N) is 1. The second kappa shape index (κ2) is 25.2. The van der Waals surface area contributed by atoms with Crippen LogP contribution in [0.25, 0.3) is 0 Å². The Kier molecular flexibility index (Phi) is 19.2. The first-order valence-corrected chi connectivity index (χ1v) is 29.9. The smallest absolute Gasteiger partial charge is 0.407 e. The summed E-state index contributed by atoms with van der Waals surface area (Å²) in [7, 11) is 1.14. The SMILES string of the molecule is COC(=O)N[C@H]1[C@H](C)O[C@@H](O[C@@H]2C/C=C(\C)[C@H]3C=CC4[C@@H](O[C@H]5C[C@H](O[C@H]6C[C@H](O)[C@@H](O[C@H]7CC[C@@H](O)[C@H](C)O7)[C@H](C)O6)[C@@H](OC(C)=O)[C@H](C)O5)[C@H](C)C[C@H](C)[C@H]4[C@@]3(C)/C(O)=C3\C(=O)OC4(CC(C=O)=C[C@H](O)[C@H]4/C=C/2C)C3=O)CC1(C)[N+](=O)[O-]. The summed E-state index contributed by atoms with van der Waals surface area (Å²) in [5.74, 6) is -6.54. The predicted octanol–water partition coefficient (Wildman–Crippen LogP) is 5.45. The molecule has 24 nitrogen and oxygen atoms in total. The summed E-state index contributed by atoms with van der Waals surface area (Å²) in [4.78, 5) is 80.1. The number of aliphatic hydroxyl groups excluding tert-OH is 4. The van der Waals surface area contributed by atoms with Crippen LogP contribution in [0.1, 0.15) is 128 Å². The molecule has 9 aliphatic rings. The van der Waals surface area contributed by atoms with Crippen molar-refractivity contribution in [1.82, 2.24) is 5.32 Å². The molecule has 0 aromatic carbocycles. The summed E-state index contributed by atoms with van der Waals surface area (Å²) < 4.78 is 68.3. The number of nitro groups is 1. The van der Waals surface area contributed by atoms with E-state index in [9.17, 15) is 49.7 Å². The van der Waals surface area contributed by atoms with Crippen molar-refractivity contribution < 1.29 is 101 Å². The van der Waals surface area contributed by atoms with E-state index in [2.05, 4.69) is 19.2 Å². The minimum absolute atomic E-state index is 0.00427. The van der Waals surface area contributed by atoms with Crippen molar-refractivity contribution in [3.63, 3.8) is 0 Å². The molecule has 85 heavy (non-hydrogen) atoms. The Morgan fingerprint density at radius 2 is 1.45 bits per heavy atom. The maximum Gasteiger partial charge on any atom is 0.407 e. The van der Waals surface area contributed by atoms with Gasteiger partial charge in [0, 0.05) is 61.7 Å². The molecule has 1 spiro atoms. The van der Waals surface area contributed by atoms with E-state index in [4.69, 9.17) is 52.1 Å². The van der Waals surface area contributed by atoms with Crippen LogP contribution < -0.4 is 5.32 Å². The highest BCUT2D eigenvalue weighted by molar-refractivity contribution is 6.26. The molecule has 6 fully saturated rings. The fourth-order valence-corrected chi connectivity index (χ4v) is 15.5. The topological polar surface area (TPSA) is 323 Å². The summed E-state index contributed by atoms with van der Waals surface area (Å²) in [5.41, 5.74) is -4.93. The zero-order valence-corrected chi connectivity index (χ0v) is 50.5. The van der Waals surface area contributed by atoms with Crippen LogP contribution >= 0.6 is 0 Å². The molecule has 0 aromatic rings. The Morgan fingerprint density at radius 3 is 2.09 bits per heavy atom. The van der Waals surface area contributed by atoms with Crippen molar-refractivity contribution in [2.75, 3.05) is 7.11 Å². The van der Waals surface area contributed by atoms with E-state index in [1.54, 1.807) is 40.7 Å². The molecule has 9 rings (SSSR count). The van der Waals surface area contributed by atoms with Gasteiger partial charge >= 0.3 is 18.0 Å². The first-order valence-electron chi connectivity index (χ1n) is 29.9. The number of nitrogens with one attached hydrogen (secondary N) is 1. The van der Waals surface area contributed by atoms with Crippen LogP contribution in [0.15, 0.2) is 58.4 Å². The van der Waals surface area contributed by atoms with Gasteiger partial charge in [0.25, 0.3) is 0 Å². The van der Waals surface area contributed by atoms with Gasteiger partial charge in [0.1, 0.15) is 35.9 Å². The number of aliphatic hydroxyl groups is 4. The molecule has 4 aliphatic carbocycles. The number of amides is 1. The second-order valence-electron chi connectivity index (χ2n) is 25.7. The van der Waals surface area contributed by atoms with Crippen molar-refractivity contribution in [1.29, 1.82) is 0 Å². The van der Waals surface area contributed by atoms with Crippen molar-refractivity contribution in [3.05, 3.63) is 68.5 Å². The quantitative estimate of drug-likeness (QED) is 0.0308. The molecule has 3 unspecified atom stereocenters. The van der Waals surface area contributed by atoms with Gasteiger partial charge in [-0.15, -0.1) is 0 Å². The summed E-state index contributed by atoms with van der Waals surface area (Å²) >= 11 is 0. The number of allylic oxidation sites excluding steroid dienone is 3. The monoisotopic (exact) mass is 1200 g/mol. The predicted molar refractivity (Wildman–Crippen MR) is 297 cm³/mol. The Hall–Kier alpha value is -4.99. The Bertz CT molecular complexity index is 2720. The summed E-state index contributed by atoms with van der Waals surface area (Å²) in [6.45, 7) is 19.0. The number of ketones is 1. The van der Waals surface area contributed by atoms with Crippen molar-refractivity contribution >= 4 is 30.1 Å². The van der Waals surface area contributed by atoms with Crippen LogP contribution in [0, 0.1) is 51.0 Å². The number of carbonyl (C=O) groups is 5. The van der Waals surface area contributed by atoms with Crippen molar-refractivity contribution in [3.8, 4) is 0 Å². The Balaban J connectivity index is 1.04. The van der Waals surface area contributed by atoms with Crippen LogP contribution in [0.5, 0.6) is 0 Å². The van der Waals surface area contributed by atoms with Gasteiger partial charge in [0.15, 0.2) is 36.9 Å². The van der Waals surface area contributed by atoms with Gasteiger partial charge in [-0.1, -0.05) is 50.6 Å². The number of fused-ring (bicyclic) bond motifs is 4. The number of Topliss-reactive ketones (excluding diaryl/α,β-unsaturated/α-hetero) is 1. The van der Waals surface area contributed by atoms with Crippen molar-refractivity contribution in [2.24, 2.45) is 40.9 Å². The molecule has 26 atom stereocenters. The maximum atomic E-state index is 15.5. The second-order valence-corrected chi connectivity index (χ2v) is 25.7. The van der Waals surface area contributed by atoms with Crippen LogP contribution in [-0.2, 0) is 71.3 Å². The average Bonchev–Trinajstić information content (AvgIpc) is 1.71. The lowest BCUT2D eigenvalue weighted by atomic mass is 9.49. The fourth-order valence-electron chi connectivity index (χ4n) is 15.5. The molecule has 1 amide bonds. The molecule has 5 aliphatic heterocycles. The summed E-state index contributed by atoms with van der Waals surface area (Å²) in [5, 5.41) is 62.1. The number of rotatable bonds is 12. The third-order valence-electron chi connectivity index (χ3n) is 19.8. The number of hydrogen-bond acceptors (Lipinski definition) is 22. The van der Waals surface area contributed by atoms with Gasteiger partial charge in [-0.05, 0) is 95.8 Å². The number of carbonyl (C=O) groups excluding carboxylic acids is 5. The third kappa shape index (κ3) is 12.3. The number of aldehydes is 1. The summed E-state index contributed by atoms with van der Waals surface area (Å²) in [6, 6.07) is -1.12. The van der Waals surface area contributed by atoms with Crippen LogP contribution in [0.3, 0.4) is 0 Å². The van der Waals surface area contributed by atoms with Gasteiger partial charge in [0.2, 0.25) is 11.3 Å². The van der Waals surface area contributed by atoms with E-state index >= 15 is 4.79 Å². The first kappa shape index (κ1) is 64.5. The van der Waals surface area contributed by atoms with Crippen molar-refractivity contribution in [2.45, 2.75) is 243 Å². The molecule has 5 saturated heterocycles. The first-order chi connectivity index (χ1) is 40.0. The van der Waals surface area contributed by atoms with E-state index < -0.39 is 191 Å². The number of ether oxygens (including phenoxy) is 11. The van der Waals surface area contributed by atoms with Crippen LogP contribution in [-0.4, -0.2) is 178 Å². The highest BCUT2D eigenvalue weighted by Crippen LogP contribution is 2.61. The largest absolute Gasteiger partial charge is 0.511 e. The molecule has 5 N–H and O–H groups in total. The minimum Gasteiger partial charge on any atom is -0.511 e. The molecule has 2 bridgehead atoms. The van der Waals surface area contributed by atoms with Gasteiger partial charge in [0.05, 0.1) is 74.4 Å². The van der Waals surface area contributed by atoms with E-state index in [1.807, 2.05) is 32.1 Å². The Morgan fingerprint density at radius 1 is 0.788 bits per heavy atom. The normalized spacial score (nSPS) is 47.8. The highest BCUT2D eigenvalue weighted by Gasteiger charge is 2.65. The molecule has 1 saturated carbocycles. The number of hydrogen-bond donors (Lipinski definition) is 5. The molecule has 0 radical (unpaired) electrons. The van der Waals surface area contributed by atoms with E-state index in [0.29, 0.717) is 36.7 Å². The number of alkyl carbamates (subject to hydrolysis) is 1. The third-order valence-corrected chi connectivity index (χ3v) is 19.8. The molecular formula is C61H86N2O22. The van der Waals surface area contributed by atoms with Gasteiger partial charge < -0.3 is 77.8 Å². The summed E-state index contributed by atoms with van der Waals surface area (Å²) in [6.07, 6.45) is -4.66. The van der Waals surface area contributed by atoms with Gasteiger partial charge in [-0.3, -0.25) is 24.5 Å². The molecule has 5 heterocycles. The van der Waals surface area contributed by atoms with Gasteiger partial charge in [-0.25, -0.2) is 9.59 Å². The number of methoxy groups -OCH3 is 1. The van der Waals surface area contributed by atoms with Gasteiger partial charge in [-0.2, -0.15) is 0 Å². The fraction of sp³-hybridized carbons (Fsp3) is 0.754. The molecular weight excluding hydrogens is 1110 g/mol. The van der Waals surface area contributed by atoms with E-state index in [0.717, 1.165) is 7.11 Å². The highest BCUT2D eigenvalue weighted by atomic mass is 16.7. The van der Waals surface area contributed by atoms with E-state index in [-0.39, 0.29) is 43.1 Å². The van der Waals surface area contributed by atoms with Crippen LogP contribution in [0.2, 0.25) is 0 Å². The number of esters is 2. The molecule has 472 valence electrons. The lowest BCUT2D eigenvalue weighted by molar-refractivity contribution is -0.584. The minimum atomic E-state index is -2.20. The van der Waals surface area contributed by atoms with E-state index in [1.165, 1.54) is 19.9 Å². The zero-order valence-electron chi connectivity index (χ0n) is 50.5. The lowest BCUT2D eigenvalue weighted by Gasteiger charge is -2.56. The standard InChI is InChI=1S/C61H86N2O22/c1-27-13-17-43(81-48-25-59(10,63(73)74)54(34(8)79-48)62-58(72)75-12)28(2)20-39-41(67)21-36(26-64)24-61(39)56(70)49(57(71)85-61)55(69)60(11)38(27)15-14-37-50(60)29(3)19-30(4)51(37)84-47-23-44(53(33(7)78-47)80-35(9)65)82-46-22-42(68)52(32(6)77-46)83-45-18-16-40(66)31(5)76-45/h13-15,20-21,26,29-34,37-48,50-54,66-69H,16-19,22-25H2,1-12H3,(H,62,72)/b27-13+,28-20+,55-49+/t29-,30+,31-,32-,33-,34-,37?,38+,39+,40+,41-,42-,43+,44-,45-,46-,47-,48-,50+,51-,52-,53-,54-,59?,60-,61?/m0/s1. The Labute approximate surface area is 495 Å². The molecule has 24 heteroatoms. The van der Waals surface area contributed by atoms with Crippen LogP contribution in [0.4, 0.5) is 4.79 Å². The lowest BCUT2D eigenvalue weighted by Crippen LogP contribution is -2.65.